The maximum absolute atomic E-state index is 4.59. The third-order valence-electron chi connectivity index (χ3n) is 4.13. The molecule has 0 radical (unpaired) electrons. The lowest BCUT2D eigenvalue weighted by molar-refractivity contribution is 1.30. The van der Waals surface area contributed by atoms with Crippen molar-refractivity contribution in [3.63, 3.8) is 0 Å². The number of H-pyrrole nitrogens is 1. The second kappa shape index (κ2) is 6.61. The molecule has 0 spiro atoms. The number of nitrogens with zero attached hydrogens (tertiary/aromatic N) is 2. The molecule has 4 heteroatoms. The van der Waals surface area contributed by atoms with E-state index in [4.69, 9.17) is 0 Å². The second-order valence-corrected chi connectivity index (χ2v) is 5.88. The van der Waals surface area contributed by atoms with Crippen LogP contribution in [0.4, 0.5) is 11.5 Å². The summed E-state index contributed by atoms with van der Waals surface area (Å²) in [7, 11) is 0. The summed E-state index contributed by atoms with van der Waals surface area (Å²) in [6.07, 6.45) is 7.49. The molecule has 1 aromatic carbocycles. The number of aromatic amines is 1. The minimum absolute atomic E-state index is 0.929. The van der Waals surface area contributed by atoms with E-state index >= 15 is 0 Å². The Labute approximate surface area is 146 Å². The number of nitrogens with one attached hydrogen (secondary N) is 2. The van der Waals surface area contributed by atoms with E-state index in [0.29, 0.717) is 0 Å². The number of aromatic nitrogens is 3. The van der Waals surface area contributed by atoms with Gasteiger partial charge in [-0.05, 0) is 48.4 Å². The van der Waals surface area contributed by atoms with E-state index in [-0.39, 0.29) is 0 Å². The minimum atomic E-state index is 0.929. The Morgan fingerprint density at radius 3 is 2.60 bits per heavy atom. The number of benzene rings is 1. The Balaban J connectivity index is 1.74. The first-order valence-electron chi connectivity index (χ1n) is 8.18. The Hall–Kier alpha value is -3.40. The van der Waals surface area contributed by atoms with Crippen LogP contribution in [-0.2, 0) is 0 Å². The minimum Gasteiger partial charge on any atom is -0.347 e. The van der Waals surface area contributed by atoms with E-state index in [2.05, 4.69) is 39.3 Å². The number of hydrogen-bond donors (Lipinski definition) is 2. The molecule has 4 aromatic rings. The maximum Gasteiger partial charge on any atom is 0.117 e. The third-order valence-corrected chi connectivity index (χ3v) is 4.13. The summed E-state index contributed by atoms with van der Waals surface area (Å²) in [4.78, 5) is 12.1. The number of para-hydroxylation sites is 1. The van der Waals surface area contributed by atoms with Crippen LogP contribution < -0.4 is 5.32 Å². The molecule has 0 amide bonds. The molecule has 0 saturated carbocycles. The summed E-state index contributed by atoms with van der Waals surface area (Å²) in [5, 5.41) is 3.44. The summed E-state index contributed by atoms with van der Waals surface area (Å²) in [6.45, 7) is 2.08. The average Bonchev–Trinajstić information content (AvgIpc) is 3.03. The lowest BCUT2D eigenvalue weighted by Crippen LogP contribution is -1.94. The highest BCUT2D eigenvalue weighted by Gasteiger charge is 2.13. The predicted molar refractivity (Wildman–Crippen MR) is 102 cm³/mol. The molecular weight excluding hydrogens is 308 g/mol. The maximum atomic E-state index is 4.59. The van der Waals surface area contributed by atoms with Crippen molar-refractivity contribution < 1.29 is 0 Å². The van der Waals surface area contributed by atoms with Gasteiger partial charge in [-0.2, -0.15) is 0 Å². The molecular formula is C21H18N4. The van der Waals surface area contributed by atoms with Crippen LogP contribution in [0.15, 0.2) is 79.4 Å². The lowest BCUT2D eigenvalue weighted by Gasteiger charge is -2.10. The van der Waals surface area contributed by atoms with Gasteiger partial charge in [0.05, 0.1) is 5.69 Å². The number of pyridine rings is 2. The summed E-state index contributed by atoms with van der Waals surface area (Å²) >= 11 is 0. The smallest absolute Gasteiger partial charge is 0.117 e. The van der Waals surface area contributed by atoms with Gasteiger partial charge in [-0.1, -0.05) is 24.3 Å². The first-order valence-corrected chi connectivity index (χ1v) is 8.18. The van der Waals surface area contributed by atoms with Crippen LogP contribution in [0.3, 0.4) is 0 Å². The fourth-order valence-electron chi connectivity index (χ4n) is 2.90. The molecule has 0 bridgehead atoms. The molecule has 3 aromatic heterocycles. The molecule has 25 heavy (non-hydrogen) atoms. The van der Waals surface area contributed by atoms with Gasteiger partial charge in [0.1, 0.15) is 5.82 Å². The SMILES string of the molecule is Cc1c[nH]c(Nc2ccccc2)c1-c1cc(-c2cccnc2)ccn1. The number of aryl methyl sites for hydroxylation is 1. The fraction of sp³-hybridized carbons (Fsp3) is 0.0476. The van der Waals surface area contributed by atoms with E-state index in [0.717, 1.165) is 39.5 Å². The van der Waals surface area contributed by atoms with Crippen LogP contribution in [0.5, 0.6) is 0 Å². The standard InChI is InChI=1S/C21H18N4/c1-15-13-24-21(25-18-7-3-2-4-8-18)20(15)19-12-16(9-11-23-19)17-6-5-10-22-14-17/h2-14,24-25H,1H3. The Bertz CT molecular complexity index is 975. The van der Waals surface area contributed by atoms with Crippen molar-refractivity contribution in [3.8, 4) is 22.4 Å². The summed E-state index contributed by atoms with van der Waals surface area (Å²) in [6, 6.07) is 18.2. The highest BCUT2D eigenvalue weighted by atomic mass is 15.0. The second-order valence-electron chi connectivity index (χ2n) is 5.88. The number of hydrogen-bond acceptors (Lipinski definition) is 3. The van der Waals surface area contributed by atoms with Crippen LogP contribution >= 0.6 is 0 Å². The van der Waals surface area contributed by atoms with Gasteiger partial charge in [0.25, 0.3) is 0 Å². The average molecular weight is 326 g/mol. The van der Waals surface area contributed by atoms with Crippen molar-refractivity contribution in [1.82, 2.24) is 15.0 Å². The van der Waals surface area contributed by atoms with Gasteiger partial charge in [-0.15, -0.1) is 0 Å². The zero-order chi connectivity index (χ0) is 17.1. The number of anilines is 2. The van der Waals surface area contributed by atoms with Crippen LogP contribution in [0.2, 0.25) is 0 Å². The Kier molecular flexibility index (Phi) is 4.01. The first-order chi connectivity index (χ1) is 12.3. The van der Waals surface area contributed by atoms with Gasteiger partial charge in [-0.25, -0.2) is 0 Å². The zero-order valence-electron chi connectivity index (χ0n) is 13.9. The van der Waals surface area contributed by atoms with E-state index in [1.54, 1.807) is 6.20 Å². The quantitative estimate of drug-likeness (QED) is 0.542. The van der Waals surface area contributed by atoms with E-state index < -0.39 is 0 Å². The van der Waals surface area contributed by atoms with E-state index in [1.165, 1.54) is 0 Å². The molecule has 0 aliphatic carbocycles. The molecule has 4 nitrogen and oxygen atoms in total. The largest absolute Gasteiger partial charge is 0.347 e. The third kappa shape index (κ3) is 3.15. The van der Waals surface area contributed by atoms with Gasteiger partial charge in [0.2, 0.25) is 0 Å². The summed E-state index contributed by atoms with van der Waals surface area (Å²) in [5.74, 6) is 0.944. The van der Waals surface area contributed by atoms with Crippen LogP contribution in [0.1, 0.15) is 5.56 Å². The molecule has 122 valence electrons. The highest BCUT2D eigenvalue weighted by Crippen LogP contribution is 2.33. The first kappa shape index (κ1) is 15.1. The van der Waals surface area contributed by atoms with Crippen molar-refractivity contribution >= 4 is 11.5 Å². The van der Waals surface area contributed by atoms with Crippen LogP contribution in [-0.4, -0.2) is 15.0 Å². The zero-order valence-corrected chi connectivity index (χ0v) is 13.9. The topological polar surface area (TPSA) is 53.6 Å². The van der Waals surface area contributed by atoms with Crippen molar-refractivity contribution in [2.45, 2.75) is 6.92 Å². The van der Waals surface area contributed by atoms with Gasteiger partial charge < -0.3 is 10.3 Å². The van der Waals surface area contributed by atoms with E-state index in [9.17, 15) is 0 Å². The Morgan fingerprint density at radius 2 is 1.80 bits per heavy atom. The van der Waals surface area contributed by atoms with Crippen LogP contribution in [0, 0.1) is 6.92 Å². The molecule has 0 aliphatic rings. The van der Waals surface area contributed by atoms with Crippen molar-refractivity contribution in [1.29, 1.82) is 0 Å². The highest BCUT2D eigenvalue weighted by molar-refractivity contribution is 5.81. The van der Waals surface area contributed by atoms with Gasteiger partial charge in [0, 0.05) is 41.6 Å². The Morgan fingerprint density at radius 1 is 0.920 bits per heavy atom. The van der Waals surface area contributed by atoms with Crippen LogP contribution in [0.25, 0.3) is 22.4 Å². The molecule has 2 N–H and O–H groups in total. The van der Waals surface area contributed by atoms with Gasteiger partial charge in [-0.3, -0.25) is 9.97 Å². The molecule has 4 rings (SSSR count). The molecule has 0 unspecified atom stereocenters. The monoisotopic (exact) mass is 326 g/mol. The molecule has 0 atom stereocenters. The van der Waals surface area contributed by atoms with Crippen molar-refractivity contribution in [3.05, 3.63) is 84.9 Å². The fourth-order valence-corrected chi connectivity index (χ4v) is 2.90. The van der Waals surface area contributed by atoms with Gasteiger partial charge >= 0.3 is 0 Å². The molecule has 0 aliphatic heterocycles. The lowest BCUT2D eigenvalue weighted by atomic mass is 10.0. The number of rotatable bonds is 4. The van der Waals surface area contributed by atoms with Crippen molar-refractivity contribution in [2.24, 2.45) is 0 Å². The predicted octanol–water partition coefficient (Wildman–Crippen LogP) is 5.19. The molecule has 3 heterocycles. The summed E-state index contributed by atoms with van der Waals surface area (Å²) < 4.78 is 0. The molecule has 0 saturated heterocycles. The normalized spacial score (nSPS) is 10.6. The molecule has 0 fully saturated rings. The summed E-state index contributed by atoms with van der Waals surface area (Å²) in [5.41, 5.74) is 6.37. The van der Waals surface area contributed by atoms with E-state index in [1.807, 2.05) is 61.1 Å². The van der Waals surface area contributed by atoms with Crippen molar-refractivity contribution in [2.75, 3.05) is 5.32 Å². The van der Waals surface area contributed by atoms with Gasteiger partial charge in [0.15, 0.2) is 0 Å².